The van der Waals surface area contributed by atoms with E-state index in [0.717, 1.165) is 23.9 Å². The molecule has 0 spiro atoms. The number of carbonyl (C=O) groups is 1. The number of aromatic hydroxyl groups is 1. The molecular weight excluding hydrogens is 342 g/mol. The third-order valence-electron chi connectivity index (χ3n) is 4.22. The maximum Gasteiger partial charge on any atom is 0.255 e. The van der Waals surface area contributed by atoms with Crippen LogP contribution in [0.1, 0.15) is 31.2 Å². The number of hydrogen-bond acceptors (Lipinski definition) is 4. The third-order valence-corrected chi connectivity index (χ3v) is 4.22. The molecule has 0 saturated heterocycles. The first kappa shape index (κ1) is 18.5. The van der Waals surface area contributed by atoms with E-state index in [4.69, 9.17) is 4.74 Å². The lowest BCUT2D eigenvalue weighted by molar-refractivity contribution is -0.115. The van der Waals surface area contributed by atoms with Crippen molar-refractivity contribution in [2.45, 2.75) is 19.8 Å². The van der Waals surface area contributed by atoms with Crippen molar-refractivity contribution in [3.63, 3.8) is 0 Å². The largest absolute Gasteiger partial charge is 0.504 e. The third kappa shape index (κ3) is 4.28. The van der Waals surface area contributed by atoms with Crippen LogP contribution in [-0.4, -0.2) is 34.6 Å². The molecule has 2 aromatic carbocycles. The minimum atomic E-state index is -0.210. The highest BCUT2D eigenvalue weighted by atomic mass is 16.5. The van der Waals surface area contributed by atoms with Gasteiger partial charge in [-0.1, -0.05) is 31.5 Å². The number of hydrogen-bond donors (Lipinski definition) is 3. The average molecular weight is 365 g/mol. The molecule has 0 bridgehead atoms. The monoisotopic (exact) mass is 365 g/mol. The van der Waals surface area contributed by atoms with Gasteiger partial charge in [0, 0.05) is 6.54 Å². The van der Waals surface area contributed by atoms with Crippen LogP contribution < -0.4 is 10.1 Å². The second kappa shape index (κ2) is 8.40. The molecule has 0 fully saturated rings. The predicted molar refractivity (Wildman–Crippen MR) is 107 cm³/mol. The minimum absolute atomic E-state index is 0.0154. The lowest BCUT2D eigenvalue weighted by Gasteiger charge is -2.08. The number of fused-ring (bicyclic) bond motifs is 1. The molecule has 0 radical (unpaired) electrons. The Morgan fingerprint density at radius 3 is 2.81 bits per heavy atom. The molecule has 0 aliphatic carbocycles. The summed E-state index contributed by atoms with van der Waals surface area (Å²) in [6, 6.07) is 12.6. The van der Waals surface area contributed by atoms with Gasteiger partial charge in [0.05, 0.1) is 23.7 Å². The van der Waals surface area contributed by atoms with E-state index in [9.17, 15) is 9.90 Å². The van der Waals surface area contributed by atoms with Gasteiger partial charge in [-0.05, 0) is 42.3 Å². The summed E-state index contributed by atoms with van der Waals surface area (Å²) in [6.45, 7) is 2.67. The van der Waals surface area contributed by atoms with Crippen molar-refractivity contribution >= 4 is 28.6 Å². The smallest absolute Gasteiger partial charge is 0.255 e. The standard InChI is InChI=1S/C21H23N3O3/c1-3-4-11-22-21(26)15(12-14-9-10-19(27-2)18(25)13-14)20-23-16-7-5-6-8-17(16)24-20/h5-10,12-13,25H,3-4,11H2,1-2H3,(H,22,26)(H,23,24)/b15-12+. The lowest BCUT2D eigenvalue weighted by atomic mass is 10.1. The van der Waals surface area contributed by atoms with Crippen LogP contribution in [0.3, 0.4) is 0 Å². The van der Waals surface area contributed by atoms with E-state index in [1.54, 1.807) is 24.3 Å². The zero-order valence-electron chi connectivity index (χ0n) is 15.5. The number of phenolic OH excluding ortho intramolecular Hbond substituents is 1. The number of nitrogens with zero attached hydrogens (tertiary/aromatic N) is 1. The maximum absolute atomic E-state index is 12.8. The molecule has 6 heteroatoms. The van der Waals surface area contributed by atoms with Crippen LogP contribution in [0.4, 0.5) is 0 Å². The molecule has 27 heavy (non-hydrogen) atoms. The van der Waals surface area contributed by atoms with Gasteiger partial charge in [0.15, 0.2) is 11.5 Å². The van der Waals surface area contributed by atoms with Crippen LogP contribution in [0.5, 0.6) is 11.5 Å². The second-order valence-electron chi connectivity index (χ2n) is 6.20. The number of imidazole rings is 1. The molecular formula is C21H23N3O3. The van der Waals surface area contributed by atoms with Crippen LogP contribution in [-0.2, 0) is 4.79 Å². The molecule has 3 aromatic rings. The fourth-order valence-electron chi connectivity index (χ4n) is 2.76. The Kier molecular flexibility index (Phi) is 5.76. The van der Waals surface area contributed by atoms with Crippen molar-refractivity contribution in [1.82, 2.24) is 15.3 Å². The highest BCUT2D eigenvalue weighted by molar-refractivity contribution is 6.23. The number of methoxy groups -OCH3 is 1. The Bertz CT molecular complexity index is 943. The zero-order valence-corrected chi connectivity index (χ0v) is 15.5. The van der Waals surface area contributed by atoms with Gasteiger partial charge in [0.1, 0.15) is 5.82 Å². The molecule has 0 aliphatic heterocycles. The molecule has 0 unspecified atom stereocenters. The van der Waals surface area contributed by atoms with Gasteiger partial charge < -0.3 is 20.1 Å². The van der Waals surface area contributed by atoms with Crippen LogP contribution in [0.15, 0.2) is 42.5 Å². The van der Waals surface area contributed by atoms with E-state index < -0.39 is 0 Å². The highest BCUT2D eigenvalue weighted by Crippen LogP contribution is 2.28. The Labute approximate surface area is 157 Å². The Morgan fingerprint density at radius 1 is 1.30 bits per heavy atom. The summed E-state index contributed by atoms with van der Waals surface area (Å²) >= 11 is 0. The number of phenols is 1. The predicted octanol–water partition coefficient (Wildman–Crippen LogP) is 3.73. The van der Waals surface area contributed by atoms with E-state index >= 15 is 0 Å². The molecule has 140 valence electrons. The van der Waals surface area contributed by atoms with Crippen molar-refractivity contribution in [1.29, 1.82) is 0 Å². The summed E-state index contributed by atoms with van der Waals surface area (Å²) in [5.74, 6) is 0.671. The van der Waals surface area contributed by atoms with E-state index in [-0.39, 0.29) is 11.7 Å². The van der Waals surface area contributed by atoms with E-state index in [0.29, 0.717) is 29.3 Å². The van der Waals surface area contributed by atoms with Gasteiger partial charge in [-0.2, -0.15) is 0 Å². The topological polar surface area (TPSA) is 87.2 Å². The first-order valence-corrected chi connectivity index (χ1v) is 8.94. The maximum atomic E-state index is 12.8. The van der Waals surface area contributed by atoms with Gasteiger partial charge in [-0.3, -0.25) is 4.79 Å². The molecule has 3 rings (SSSR count). The molecule has 3 N–H and O–H groups in total. The fraction of sp³-hybridized carbons (Fsp3) is 0.238. The van der Waals surface area contributed by atoms with Crippen LogP contribution in [0, 0.1) is 0 Å². The number of rotatable bonds is 7. The van der Waals surface area contributed by atoms with Crippen molar-refractivity contribution in [2.24, 2.45) is 0 Å². The summed E-state index contributed by atoms with van der Waals surface area (Å²) in [6.07, 6.45) is 3.61. The van der Waals surface area contributed by atoms with Crippen molar-refractivity contribution in [3.8, 4) is 11.5 Å². The number of aromatic amines is 1. The Hall–Kier alpha value is -3.28. The fourth-order valence-corrected chi connectivity index (χ4v) is 2.76. The molecule has 1 aromatic heterocycles. The van der Waals surface area contributed by atoms with Gasteiger partial charge in [0.2, 0.25) is 0 Å². The van der Waals surface area contributed by atoms with E-state index in [1.165, 1.54) is 7.11 Å². The first-order chi connectivity index (χ1) is 13.1. The molecule has 1 heterocycles. The van der Waals surface area contributed by atoms with Gasteiger partial charge in [-0.15, -0.1) is 0 Å². The Balaban J connectivity index is 2.01. The number of benzene rings is 2. The van der Waals surface area contributed by atoms with Gasteiger partial charge >= 0.3 is 0 Å². The summed E-state index contributed by atoms with van der Waals surface area (Å²) in [4.78, 5) is 20.5. The van der Waals surface area contributed by atoms with Gasteiger partial charge in [-0.25, -0.2) is 4.98 Å². The van der Waals surface area contributed by atoms with Crippen LogP contribution in [0.25, 0.3) is 22.7 Å². The lowest BCUT2D eigenvalue weighted by Crippen LogP contribution is -2.25. The van der Waals surface area contributed by atoms with Crippen LogP contribution >= 0.6 is 0 Å². The number of ether oxygens (including phenoxy) is 1. The number of para-hydroxylation sites is 2. The normalized spacial score (nSPS) is 11.6. The second-order valence-corrected chi connectivity index (χ2v) is 6.20. The molecule has 0 saturated carbocycles. The summed E-state index contributed by atoms with van der Waals surface area (Å²) < 4.78 is 5.07. The van der Waals surface area contributed by atoms with E-state index in [1.807, 2.05) is 24.3 Å². The van der Waals surface area contributed by atoms with Crippen molar-refractivity contribution in [2.75, 3.05) is 13.7 Å². The summed E-state index contributed by atoms with van der Waals surface area (Å²) in [5, 5.41) is 13.0. The molecule has 6 nitrogen and oxygen atoms in total. The number of nitrogens with one attached hydrogen (secondary N) is 2. The molecule has 0 atom stereocenters. The van der Waals surface area contributed by atoms with Crippen LogP contribution in [0.2, 0.25) is 0 Å². The number of aromatic nitrogens is 2. The van der Waals surface area contributed by atoms with Gasteiger partial charge in [0.25, 0.3) is 5.91 Å². The van der Waals surface area contributed by atoms with Crippen molar-refractivity contribution in [3.05, 3.63) is 53.9 Å². The highest BCUT2D eigenvalue weighted by Gasteiger charge is 2.16. The number of amides is 1. The number of carbonyl (C=O) groups excluding carboxylic acids is 1. The minimum Gasteiger partial charge on any atom is -0.504 e. The first-order valence-electron chi connectivity index (χ1n) is 8.94. The molecule has 1 amide bonds. The number of unbranched alkanes of at least 4 members (excludes halogenated alkanes) is 1. The SMILES string of the molecule is CCCCNC(=O)/C(=C/c1ccc(OC)c(O)c1)c1nc2ccccc2[nH]1. The Morgan fingerprint density at radius 2 is 2.11 bits per heavy atom. The van der Waals surface area contributed by atoms with Crippen molar-refractivity contribution < 1.29 is 14.6 Å². The quantitative estimate of drug-likeness (QED) is 0.440. The number of H-pyrrole nitrogens is 1. The molecule has 0 aliphatic rings. The summed E-state index contributed by atoms with van der Waals surface area (Å²) in [7, 11) is 1.49. The zero-order chi connectivity index (χ0) is 19.2. The van der Waals surface area contributed by atoms with E-state index in [2.05, 4.69) is 22.2 Å². The average Bonchev–Trinajstić information content (AvgIpc) is 3.10. The summed E-state index contributed by atoms with van der Waals surface area (Å²) in [5.41, 5.74) is 2.73.